The van der Waals surface area contributed by atoms with E-state index in [0.717, 1.165) is 31.4 Å². The number of hydrogen-bond acceptors (Lipinski definition) is 4. The van der Waals surface area contributed by atoms with Crippen molar-refractivity contribution < 1.29 is 13.2 Å². The molecule has 0 spiro atoms. The molecule has 1 aliphatic rings. The van der Waals surface area contributed by atoms with Gasteiger partial charge >= 0.3 is 0 Å². The van der Waals surface area contributed by atoms with Crippen LogP contribution in [0.3, 0.4) is 0 Å². The summed E-state index contributed by atoms with van der Waals surface area (Å²) in [5, 5.41) is 6.16. The Bertz CT molecular complexity index is 573. The molecule has 0 aliphatic carbocycles. The van der Waals surface area contributed by atoms with Crippen molar-refractivity contribution in [2.75, 3.05) is 12.8 Å². The summed E-state index contributed by atoms with van der Waals surface area (Å²) in [6, 6.07) is 6.50. The zero-order chi connectivity index (χ0) is 15.3. The van der Waals surface area contributed by atoms with Gasteiger partial charge in [0.1, 0.15) is 0 Å². The lowest BCUT2D eigenvalue weighted by Gasteiger charge is -2.15. The van der Waals surface area contributed by atoms with E-state index in [1.54, 1.807) is 24.3 Å². The van der Waals surface area contributed by atoms with Gasteiger partial charge in [-0.1, -0.05) is 25.0 Å². The van der Waals surface area contributed by atoms with E-state index in [-0.39, 0.29) is 11.9 Å². The smallest absolute Gasteiger partial charge is 0.237 e. The second kappa shape index (κ2) is 7.04. The maximum absolute atomic E-state index is 12.1. The summed E-state index contributed by atoms with van der Waals surface area (Å²) in [5.74, 6) is 0.0177. The van der Waals surface area contributed by atoms with Crippen molar-refractivity contribution in [3.63, 3.8) is 0 Å². The lowest BCUT2D eigenvalue weighted by molar-refractivity contribution is -0.123. The Hall–Kier alpha value is -1.40. The van der Waals surface area contributed by atoms with Gasteiger partial charge in [-0.15, -0.1) is 0 Å². The van der Waals surface area contributed by atoms with Crippen LogP contribution in [0.4, 0.5) is 0 Å². The molecule has 5 nitrogen and oxygen atoms in total. The summed E-state index contributed by atoms with van der Waals surface area (Å²) in [6.07, 6.45) is 5.43. The molecule has 1 aromatic carbocycles. The number of sulfone groups is 1. The van der Waals surface area contributed by atoms with Crippen LogP contribution >= 0.6 is 0 Å². The van der Waals surface area contributed by atoms with E-state index in [1.165, 1.54) is 12.7 Å². The number of nitrogens with one attached hydrogen (secondary N) is 2. The second-order valence-corrected chi connectivity index (χ2v) is 7.51. The number of hydrogen-bond donors (Lipinski definition) is 2. The van der Waals surface area contributed by atoms with Gasteiger partial charge in [0.05, 0.1) is 10.9 Å². The van der Waals surface area contributed by atoms with Crippen molar-refractivity contribution in [3.05, 3.63) is 29.8 Å². The molecule has 0 aromatic heterocycles. The molecule has 2 N–H and O–H groups in total. The van der Waals surface area contributed by atoms with E-state index in [2.05, 4.69) is 10.6 Å². The van der Waals surface area contributed by atoms with Crippen molar-refractivity contribution in [2.45, 2.75) is 43.2 Å². The molecule has 2 rings (SSSR count). The molecule has 6 heteroatoms. The van der Waals surface area contributed by atoms with Crippen LogP contribution in [0.25, 0.3) is 0 Å². The minimum atomic E-state index is -3.17. The molecule has 1 unspecified atom stereocenters. The van der Waals surface area contributed by atoms with Crippen molar-refractivity contribution >= 4 is 15.7 Å². The standard InChI is InChI=1S/C15H22N2O3S/c1-21(19,20)13-8-6-12(7-9-13)11-17-15(18)14-5-3-2-4-10-16-14/h6-9,14,16H,2-5,10-11H2,1H3,(H,17,18). The fraction of sp³-hybridized carbons (Fsp3) is 0.533. The normalized spacial score (nSPS) is 19.8. The molecular weight excluding hydrogens is 288 g/mol. The SMILES string of the molecule is CS(=O)(=O)c1ccc(CNC(=O)C2CCCCCN2)cc1. The fourth-order valence-electron chi connectivity index (χ4n) is 2.42. The molecule has 0 saturated carbocycles. The van der Waals surface area contributed by atoms with E-state index in [9.17, 15) is 13.2 Å². The van der Waals surface area contributed by atoms with Gasteiger partial charge in [-0.05, 0) is 37.1 Å². The van der Waals surface area contributed by atoms with Crippen LogP contribution in [0, 0.1) is 0 Å². The van der Waals surface area contributed by atoms with E-state index >= 15 is 0 Å². The van der Waals surface area contributed by atoms with Gasteiger partial charge in [0, 0.05) is 12.8 Å². The third-order valence-electron chi connectivity index (χ3n) is 3.70. The maximum Gasteiger partial charge on any atom is 0.237 e. The van der Waals surface area contributed by atoms with Crippen LogP contribution < -0.4 is 10.6 Å². The summed E-state index contributed by atoms with van der Waals surface area (Å²) in [5.41, 5.74) is 0.893. The van der Waals surface area contributed by atoms with Crippen LogP contribution in [0.1, 0.15) is 31.2 Å². The molecule has 1 fully saturated rings. The number of carbonyl (C=O) groups is 1. The molecule has 1 aliphatic heterocycles. The van der Waals surface area contributed by atoms with Crippen LogP contribution in [-0.4, -0.2) is 33.2 Å². The number of carbonyl (C=O) groups excluding carboxylic acids is 1. The van der Waals surface area contributed by atoms with Crippen molar-refractivity contribution in [3.8, 4) is 0 Å². The first kappa shape index (κ1) is 16.0. The van der Waals surface area contributed by atoms with E-state index < -0.39 is 9.84 Å². The number of amides is 1. The monoisotopic (exact) mass is 310 g/mol. The van der Waals surface area contributed by atoms with Crippen LogP contribution in [0.5, 0.6) is 0 Å². The lowest BCUT2D eigenvalue weighted by atomic mass is 10.1. The lowest BCUT2D eigenvalue weighted by Crippen LogP contribution is -2.43. The van der Waals surface area contributed by atoms with E-state index in [1.807, 2.05) is 0 Å². The van der Waals surface area contributed by atoms with Crippen LogP contribution in [0.2, 0.25) is 0 Å². The van der Waals surface area contributed by atoms with Gasteiger partial charge in [0.15, 0.2) is 9.84 Å². The third kappa shape index (κ3) is 4.82. The molecule has 0 bridgehead atoms. The van der Waals surface area contributed by atoms with Gasteiger partial charge in [-0.3, -0.25) is 4.79 Å². The minimum Gasteiger partial charge on any atom is -0.351 e. The van der Waals surface area contributed by atoms with Crippen molar-refractivity contribution in [2.24, 2.45) is 0 Å². The van der Waals surface area contributed by atoms with E-state index in [0.29, 0.717) is 11.4 Å². The van der Waals surface area contributed by atoms with Crippen LogP contribution in [0.15, 0.2) is 29.2 Å². The third-order valence-corrected chi connectivity index (χ3v) is 4.82. The minimum absolute atomic E-state index is 0.0177. The first-order valence-electron chi connectivity index (χ1n) is 7.27. The molecule has 0 radical (unpaired) electrons. The molecule has 1 aromatic rings. The van der Waals surface area contributed by atoms with Gasteiger partial charge in [0.2, 0.25) is 5.91 Å². The summed E-state index contributed by atoms with van der Waals surface area (Å²) in [6.45, 7) is 1.31. The van der Waals surface area contributed by atoms with Gasteiger partial charge in [-0.25, -0.2) is 8.42 Å². The summed E-state index contributed by atoms with van der Waals surface area (Å²) >= 11 is 0. The average molecular weight is 310 g/mol. The Morgan fingerprint density at radius 1 is 1.24 bits per heavy atom. The van der Waals surface area contributed by atoms with Crippen LogP contribution in [-0.2, 0) is 21.2 Å². The Kier molecular flexibility index (Phi) is 5.36. The zero-order valence-corrected chi connectivity index (χ0v) is 13.1. The first-order chi connectivity index (χ1) is 9.97. The van der Waals surface area contributed by atoms with E-state index in [4.69, 9.17) is 0 Å². The van der Waals surface area contributed by atoms with Gasteiger partial charge in [-0.2, -0.15) is 0 Å². The van der Waals surface area contributed by atoms with Gasteiger partial charge < -0.3 is 10.6 Å². The predicted molar refractivity (Wildman–Crippen MR) is 81.7 cm³/mol. The molecule has 1 heterocycles. The fourth-order valence-corrected chi connectivity index (χ4v) is 3.05. The highest BCUT2D eigenvalue weighted by Gasteiger charge is 2.18. The molecular formula is C15H22N2O3S. The average Bonchev–Trinajstić information content (AvgIpc) is 2.73. The molecule has 116 valence electrons. The molecule has 1 atom stereocenters. The van der Waals surface area contributed by atoms with Gasteiger partial charge in [0.25, 0.3) is 0 Å². The zero-order valence-electron chi connectivity index (χ0n) is 12.3. The Balaban J connectivity index is 1.89. The predicted octanol–water partition coefficient (Wildman–Crippen LogP) is 1.24. The quantitative estimate of drug-likeness (QED) is 0.877. The molecule has 1 amide bonds. The Morgan fingerprint density at radius 3 is 2.62 bits per heavy atom. The first-order valence-corrected chi connectivity index (χ1v) is 9.16. The molecule has 1 saturated heterocycles. The number of benzene rings is 1. The summed E-state index contributed by atoms with van der Waals surface area (Å²) in [7, 11) is -3.17. The van der Waals surface area contributed by atoms with Crippen molar-refractivity contribution in [1.82, 2.24) is 10.6 Å². The largest absolute Gasteiger partial charge is 0.351 e. The number of rotatable bonds is 4. The van der Waals surface area contributed by atoms with Crippen molar-refractivity contribution in [1.29, 1.82) is 0 Å². The topological polar surface area (TPSA) is 75.3 Å². The summed E-state index contributed by atoms with van der Waals surface area (Å²) < 4.78 is 22.7. The summed E-state index contributed by atoms with van der Waals surface area (Å²) in [4.78, 5) is 12.4. The maximum atomic E-state index is 12.1. The Labute approximate surface area is 126 Å². The highest BCUT2D eigenvalue weighted by atomic mass is 32.2. The second-order valence-electron chi connectivity index (χ2n) is 5.49. The highest BCUT2D eigenvalue weighted by molar-refractivity contribution is 7.90. The highest BCUT2D eigenvalue weighted by Crippen LogP contribution is 2.11. The Morgan fingerprint density at radius 2 is 1.95 bits per heavy atom. The molecule has 21 heavy (non-hydrogen) atoms.